The number of hydrogen-bond donors (Lipinski definition) is 0. The predicted molar refractivity (Wildman–Crippen MR) is 44.0 cm³/mol. The molecule has 2 rings (SSSR count). The third kappa shape index (κ3) is 1.36. The number of thiocarbonyl (C=S) groups is 1. The Hall–Kier alpha value is -0.690. The molecule has 1 aromatic carbocycles. The zero-order chi connectivity index (χ0) is 6.69. The first-order valence-corrected chi connectivity index (χ1v) is 3.40. The predicted octanol–water partition coefficient (Wildman–Crippen LogP) is 2.21. The molecule has 0 amide bonds. The molecule has 0 aromatic heterocycles. The van der Waals surface area contributed by atoms with Gasteiger partial charge in [-0.25, -0.2) is 0 Å². The molecule has 9 heavy (non-hydrogen) atoms. The summed E-state index contributed by atoms with van der Waals surface area (Å²) < 4.78 is 0. The van der Waals surface area contributed by atoms with Crippen molar-refractivity contribution in [3.8, 4) is 0 Å². The number of benzene rings is 1. The van der Waals surface area contributed by atoms with E-state index in [1.165, 1.54) is 17.5 Å². The van der Waals surface area contributed by atoms with Crippen molar-refractivity contribution in [2.45, 2.75) is 6.42 Å². The van der Waals surface area contributed by atoms with Crippen molar-refractivity contribution in [3.05, 3.63) is 35.4 Å². The molecule has 1 aromatic rings. The van der Waals surface area contributed by atoms with Crippen LogP contribution in [0.5, 0.6) is 0 Å². The van der Waals surface area contributed by atoms with Crippen LogP contribution in [0.3, 0.4) is 0 Å². The second-order valence-corrected chi connectivity index (χ2v) is 1.95. The topological polar surface area (TPSA) is 0 Å². The molecular formula is C8H8S. The molecule has 1 aliphatic carbocycles. The van der Waals surface area contributed by atoms with E-state index in [4.69, 9.17) is 0 Å². The van der Waals surface area contributed by atoms with Crippen LogP contribution in [0.2, 0.25) is 0 Å². The van der Waals surface area contributed by atoms with Gasteiger partial charge in [0.1, 0.15) is 0 Å². The van der Waals surface area contributed by atoms with Gasteiger partial charge in [-0.1, -0.05) is 36.5 Å². The van der Waals surface area contributed by atoms with Crippen LogP contribution in [0.4, 0.5) is 0 Å². The molecular weight excluding hydrogens is 128 g/mol. The van der Waals surface area contributed by atoms with Crippen LogP contribution in [0.25, 0.3) is 0 Å². The number of fused-ring (bicyclic) bond motifs is 1. The normalized spacial score (nSPS) is 10.7. The summed E-state index contributed by atoms with van der Waals surface area (Å²) >= 11 is 3.83. The van der Waals surface area contributed by atoms with Gasteiger partial charge in [0.2, 0.25) is 0 Å². The highest BCUT2D eigenvalue weighted by molar-refractivity contribution is 7.77. The first-order valence-electron chi connectivity index (χ1n) is 2.82. The minimum absolute atomic E-state index is 1.24. The number of hydrogen-bond acceptors (Lipinski definition) is 1. The molecule has 0 saturated carbocycles. The molecule has 0 heterocycles. The quantitative estimate of drug-likeness (QED) is 0.500. The van der Waals surface area contributed by atoms with E-state index >= 15 is 0 Å². The van der Waals surface area contributed by atoms with Crippen molar-refractivity contribution in [1.29, 1.82) is 0 Å². The maximum Gasteiger partial charge on any atom is -0.00201 e. The van der Waals surface area contributed by atoms with E-state index in [-0.39, 0.29) is 0 Å². The lowest BCUT2D eigenvalue weighted by Gasteiger charge is -1.69. The minimum Gasteiger partial charge on any atom is -0.0973 e. The second kappa shape index (κ2) is 2.74. The maximum atomic E-state index is 3.83. The zero-order valence-electron chi connectivity index (χ0n) is 5.13. The van der Waals surface area contributed by atoms with Crippen LogP contribution in [0.15, 0.2) is 24.3 Å². The summed E-state index contributed by atoms with van der Waals surface area (Å²) in [7, 11) is 0. The highest BCUT2D eigenvalue weighted by atomic mass is 32.1. The Bertz CT molecular complexity index is 184. The fraction of sp³-hybridized carbons (Fsp3) is 0.125. The molecule has 46 valence electrons. The summed E-state index contributed by atoms with van der Waals surface area (Å²) in [5, 5.41) is 0. The molecule has 1 aliphatic rings. The molecule has 0 saturated heterocycles. The lowest BCUT2D eigenvalue weighted by atomic mass is 10.4. The largest absolute Gasteiger partial charge is 0.0973 e. The van der Waals surface area contributed by atoms with Crippen molar-refractivity contribution in [1.82, 2.24) is 0 Å². The van der Waals surface area contributed by atoms with Gasteiger partial charge in [-0.3, -0.25) is 0 Å². The van der Waals surface area contributed by atoms with Crippen LogP contribution in [0, 0.1) is 0 Å². The Balaban J connectivity index is 0.000000186. The average Bonchev–Trinajstić information content (AvgIpc) is 2.69. The Morgan fingerprint density at radius 3 is 1.89 bits per heavy atom. The smallest absolute Gasteiger partial charge is 0.00201 e. The fourth-order valence-corrected chi connectivity index (χ4v) is 0.836. The van der Waals surface area contributed by atoms with Gasteiger partial charge in [-0.05, 0) is 23.4 Å². The van der Waals surface area contributed by atoms with E-state index in [0.29, 0.717) is 0 Å². The van der Waals surface area contributed by atoms with Crippen LogP contribution in [-0.2, 0) is 6.42 Å². The molecule has 0 bridgehead atoms. The Morgan fingerprint density at radius 1 is 1.11 bits per heavy atom. The molecule has 0 atom stereocenters. The van der Waals surface area contributed by atoms with Crippen LogP contribution >= 0.6 is 12.2 Å². The first-order chi connectivity index (χ1) is 4.47. The molecule has 0 N–H and O–H groups in total. The van der Waals surface area contributed by atoms with Gasteiger partial charge in [0.15, 0.2) is 0 Å². The highest BCUT2D eigenvalue weighted by Gasteiger charge is 2.12. The lowest BCUT2D eigenvalue weighted by molar-refractivity contribution is 1.61. The van der Waals surface area contributed by atoms with Crippen LogP contribution in [-0.4, -0.2) is 5.87 Å². The van der Waals surface area contributed by atoms with E-state index in [1.807, 2.05) is 0 Å². The van der Waals surface area contributed by atoms with Gasteiger partial charge in [-0.2, -0.15) is 0 Å². The van der Waals surface area contributed by atoms with E-state index in [2.05, 4.69) is 42.4 Å². The fourth-order valence-electron chi connectivity index (χ4n) is 0.836. The summed E-state index contributed by atoms with van der Waals surface area (Å²) in [5.74, 6) is 2.83. The van der Waals surface area contributed by atoms with E-state index in [0.717, 1.165) is 0 Å². The first kappa shape index (κ1) is 6.43. The van der Waals surface area contributed by atoms with Gasteiger partial charge in [-0.15, -0.1) is 0 Å². The molecule has 0 aliphatic heterocycles. The van der Waals surface area contributed by atoms with Crippen molar-refractivity contribution >= 4 is 18.1 Å². The second-order valence-electron chi connectivity index (χ2n) is 1.95. The van der Waals surface area contributed by atoms with Gasteiger partial charge >= 0.3 is 0 Å². The van der Waals surface area contributed by atoms with Gasteiger partial charge in [0.05, 0.1) is 0 Å². The summed E-state index contributed by atoms with van der Waals surface area (Å²) in [6, 6.07) is 8.53. The van der Waals surface area contributed by atoms with Crippen molar-refractivity contribution in [2.24, 2.45) is 0 Å². The molecule has 0 nitrogen and oxygen atoms in total. The van der Waals surface area contributed by atoms with Crippen molar-refractivity contribution in [3.63, 3.8) is 0 Å². The SMILES string of the molecule is C=S.c1ccc2c(c1)C2. The van der Waals surface area contributed by atoms with Gasteiger partial charge in [0.25, 0.3) is 0 Å². The third-order valence-corrected chi connectivity index (χ3v) is 1.37. The molecule has 0 unspecified atom stereocenters. The van der Waals surface area contributed by atoms with Crippen LogP contribution in [0.1, 0.15) is 11.1 Å². The van der Waals surface area contributed by atoms with E-state index in [9.17, 15) is 0 Å². The summed E-state index contributed by atoms with van der Waals surface area (Å²) in [6.07, 6.45) is 1.24. The van der Waals surface area contributed by atoms with E-state index < -0.39 is 0 Å². The molecule has 0 radical (unpaired) electrons. The highest BCUT2D eigenvalue weighted by Crippen LogP contribution is 2.25. The van der Waals surface area contributed by atoms with Crippen LogP contribution < -0.4 is 0 Å². The van der Waals surface area contributed by atoms with Gasteiger partial charge in [0, 0.05) is 0 Å². The molecule has 1 heteroatoms. The Kier molecular flexibility index (Phi) is 1.96. The third-order valence-electron chi connectivity index (χ3n) is 1.37. The summed E-state index contributed by atoms with van der Waals surface area (Å²) in [4.78, 5) is 0. The zero-order valence-corrected chi connectivity index (χ0v) is 5.95. The van der Waals surface area contributed by atoms with E-state index in [1.54, 1.807) is 0 Å². The summed E-state index contributed by atoms with van der Waals surface area (Å²) in [6.45, 7) is 0. The molecule has 0 spiro atoms. The average molecular weight is 136 g/mol. The van der Waals surface area contributed by atoms with Crippen molar-refractivity contribution in [2.75, 3.05) is 0 Å². The summed E-state index contributed by atoms with van der Waals surface area (Å²) in [5.41, 5.74) is 3.06. The monoisotopic (exact) mass is 136 g/mol. The lowest BCUT2D eigenvalue weighted by Crippen LogP contribution is -1.48. The molecule has 0 fully saturated rings. The Morgan fingerprint density at radius 2 is 1.56 bits per heavy atom. The minimum atomic E-state index is 1.24. The Labute approximate surface area is 60.5 Å². The standard InChI is InChI=1S/C7H6.CH2S/c1-2-4-7-5-6(7)3-1;1-2/h1-4H,5H2;1H2. The number of rotatable bonds is 0. The van der Waals surface area contributed by atoms with Crippen molar-refractivity contribution < 1.29 is 0 Å². The van der Waals surface area contributed by atoms with Gasteiger partial charge < -0.3 is 0 Å². The maximum absolute atomic E-state index is 3.83.